The van der Waals surface area contributed by atoms with Crippen molar-refractivity contribution in [3.05, 3.63) is 57.0 Å². The standard InChI is InChI=1S/C20H10Cl5F7N2O2/c21-8-3-7(4-9(22)5-8)13-14(17(13,24)25)15(35)33-10-1-2-11(23)12(6-10)34-16(36)18(26,27)19(28,29)20(30,31)32/h1-6,13-14H,(H,33,35)(H,34,36)/t13-,14+/m0/s1. The topological polar surface area (TPSA) is 58.2 Å². The summed E-state index contributed by atoms with van der Waals surface area (Å²) >= 11 is 30.1. The van der Waals surface area contributed by atoms with Gasteiger partial charge < -0.3 is 10.6 Å². The number of benzene rings is 2. The van der Waals surface area contributed by atoms with E-state index < -0.39 is 56.7 Å². The Morgan fingerprint density at radius 1 is 0.833 bits per heavy atom. The van der Waals surface area contributed by atoms with Crippen molar-refractivity contribution in [1.29, 1.82) is 0 Å². The summed E-state index contributed by atoms with van der Waals surface area (Å²) in [5.41, 5.74) is -0.548. The third kappa shape index (κ3) is 5.31. The summed E-state index contributed by atoms with van der Waals surface area (Å²) in [5.74, 6) is -18.4. The number of alkyl halides is 9. The maximum absolute atomic E-state index is 13.6. The number of carbonyl (C=O) groups excluding carboxylic acids is 2. The largest absolute Gasteiger partial charge is 0.460 e. The first-order valence-corrected chi connectivity index (χ1v) is 11.3. The predicted molar refractivity (Wildman–Crippen MR) is 122 cm³/mol. The molecular weight excluding hydrogens is 610 g/mol. The summed E-state index contributed by atoms with van der Waals surface area (Å²) in [7, 11) is 0. The number of amides is 2. The summed E-state index contributed by atoms with van der Waals surface area (Å²) in [6, 6.07) is 7.26. The van der Waals surface area contributed by atoms with Crippen molar-refractivity contribution < 1.29 is 40.3 Å². The van der Waals surface area contributed by atoms with E-state index in [2.05, 4.69) is 5.32 Å². The van der Waals surface area contributed by atoms with Crippen LogP contribution in [0.15, 0.2) is 36.4 Å². The van der Waals surface area contributed by atoms with Gasteiger partial charge in [-0.15, -0.1) is 23.2 Å². The summed E-state index contributed by atoms with van der Waals surface area (Å²) in [6.45, 7) is 0. The Kier molecular flexibility index (Phi) is 7.69. The Bertz CT molecular complexity index is 1200. The van der Waals surface area contributed by atoms with Crippen molar-refractivity contribution in [1.82, 2.24) is 0 Å². The molecule has 2 aromatic carbocycles. The van der Waals surface area contributed by atoms with E-state index >= 15 is 0 Å². The number of halogens is 12. The molecule has 3 rings (SSSR count). The Balaban J connectivity index is 1.79. The SMILES string of the molecule is O=C(Nc1ccc(Cl)c(NC(=O)C(F)(F)C(F)(F)C(F)(F)F)c1)[C@H]1[C@H](c2cc(Cl)cc(Cl)c2)C1(Cl)Cl. The van der Waals surface area contributed by atoms with Gasteiger partial charge in [-0.3, -0.25) is 9.59 Å². The highest BCUT2D eigenvalue weighted by Crippen LogP contribution is 2.65. The smallest absolute Gasteiger partial charge is 0.326 e. The molecule has 0 aromatic heterocycles. The van der Waals surface area contributed by atoms with Crippen LogP contribution in [0.5, 0.6) is 0 Å². The van der Waals surface area contributed by atoms with E-state index in [1.165, 1.54) is 23.5 Å². The fourth-order valence-electron chi connectivity index (χ4n) is 3.26. The third-order valence-electron chi connectivity index (χ3n) is 5.10. The quantitative estimate of drug-likeness (QED) is 0.255. The molecular formula is C20H10Cl5F7N2O2. The Labute approximate surface area is 223 Å². The second kappa shape index (κ2) is 9.58. The molecule has 2 amide bonds. The van der Waals surface area contributed by atoms with Crippen LogP contribution in [0.4, 0.5) is 42.1 Å². The highest BCUT2D eigenvalue weighted by atomic mass is 35.5. The molecule has 0 bridgehead atoms. The van der Waals surface area contributed by atoms with Crippen LogP contribution in [0.2, 0.25) is 15.1 Å². The summed E-state index contributed by atoms with van der Waals surface area (Å²) < 4.78 is 89.0. The predicted octanol–water partition coefficient (Wildman–Crippen LogP) is 7.94. The van der Waals surface area contributed by atoms with Crippen molar-refractivity contribution in [2.45, 2.75) is 28.3 Å². The van der Waals surface area contributed by atoms with Crippen LogP contribution in [0.25, 0.3) is 0 Å². The molecule has 1 aliphatic rings. The van der Waals surface area contributed by atoms with Gasteiger partial charge in [-0.05, 0) is 42.0 Å². The summed E-state index contributed by atoms with van der Waals surface area (Å²) in [6.07, 6.45) is -6.71. The maximum Gasteiger partial charge on any atom is 0.460 e. The lowest BCUT2D eigenvalue weighted by Gasteiger charge is -2.27. The van der Waals surface area contributed by atoms with Crippen LogP contribution in [-0.4, -0.2) is 34.2 Å². The second-order valence-electron chi connectivity index (χ2n) is 7.62. The zero-order valence-corrected chi connectivity index (χ0v) is 20.8. The minimum atomic E-state index is -6.71. The van der Waals surface area contributed by atoms with Gasteiger partial charge in [0, 0.05) is 21.7 Å². The lowest BCUT2D eigenvalue weighted by molar-refractivity contribution is -0.343. The van der Waals surface area contributed by atoms with Gasteiger partial charge in [0.1, 0.15) is 4.33 Å². The first kappa shape index (κ1) is 28.9. The number of hydrogen-bond acceptors (Lipinski definition) is 2. The lowest BCUT2D eigenvalue weighted by Crippen LogP contribution is -2.57. The molecule has 2 atom stereocenters. The van der Waals surface area contributed by atoms with Crippen molar-refractivity contribution in [3.8, 4) is 0 Å². The van der Waals surface area contributed by atoms with Crippen LogP contribution in [0.1, 0.15) is 11.5 Å². The molecule has 1 aliphatic carbocycles. The number of carbonyl (C=O) groups is 2. The van der Waals surface area contributed by atoms with Crippen molar-refractivity contribution in [3.63, 3.8) is 0 Å². The fraction of sp³-hybridized carbons (Fsp3) is 0.300. The first-order chi connectivity index (χ1) is 16.3. The molecule has 2 aromatic rings. The molecule has 4 nitrogen and oxygen atoms in total. The van der Waals surface area contributed by atoms with Gasteiger partial charge in [-0.1, -0.05) is 34.8 Å². The molecule has 0 radical (unpaired) electrons. The lowest BCUT2D eigenvalue weighted by atomic mass is 10.1. The zero-order chi connectivity index (χ0) is 27.4. The van der Waals surface area contributed by atoms with Crippen molar-refractivity contribution >= 4 is 81.2 Å². The minimum Gasteiger partial charge on any atom is -0.326 e. The molecule has 2 N–H and O–H groups in total. The Hall–Kier alpha value is -1.66. The first-order valence-electron chi connectivity index (χ1n) is 9.38. The zero-order valence-electron chi connectivity index (χ0n) is 17.0. The van der Waals surface area contributed by atoms with Gasteiger partial charge in [-0.2, -0.15) is 30.7 Å². The molecule has 196 valence electrons. The van der Waals surface area contributed by atoms with Gasteiger partial charge in [-0.25, -0.2) is 0 Å². The normalized spacial score (nSPS) is 19.6. The van der Waals surface area contributed by atoms with Gasteiger partial charge in [0.25, 0.3) is 0 Å². The average molecular weight is 621 g/mol. The van der Waals surface area contributed by atoms with E-state index in [9.17, 15) is 40.3 Å². The fourth-order valence-corrected chi connectivity index (χ4v) is 4.80. The van der Waals surface area contributed by atoms with Crippen molar-refractivity contribution in [2.24, 2.45) is 5.92 Å². The molecule has 0 heterocycles. The molecule has 36 heavy (non-hydrogen) atoms. The average Bonchev–Trinajstić information content (AvgIpc) is 3.30. The second-order valence-corrected chi connectivity index (χ2v) is 10.3. The Morgan fingerprint density at radius 2 is 1.39 bits per heavy atom. The van der Waals surface area contributed by atoms with Gasteiger partial charge in [0.2, 0.25) is 5.91 Å². The highest BCUT2D eigenvalue weighted by Gasteiger charge is 2.76. The highest BCUT2D eigenvalue weighted by molar-refractivity contribution is 6.53. The number of anilines is 2. The van der Waals surface area contributed by atoms with Crippen molar-refractivity contribution in [2.75, 3.05) is 10.6 Å². The molecule has 16 heteroatoms. The molecule has 0 unspecified atom stereocenters. The van der Waals surface area contributed by atoms with Crippen LogP contribution in [0.3, 0.4) is 0 Å². The van der Waals surface area contributed by atoms with E-state index in [1.54, 1.807) is 0 Å². The molecule has 0 saturated heterocycles. The van der Waals surface area contributed by atoms with E-state index in [0.717, 1.165) is 18.2 Å². The summed E-state index contributed by atoms with van der Waals surface area (Å²) in [5, 5.41) is 3.53. The van der Waals surface area contributed by atoms with Crippen LogP contribution in [0, 0.1) is 5.92 Å². The van der Waals surface area contributed by atoms with Gasteiger partial charge >= 0.3 is 23.9 Å². The number of hydrogen-bond donors (Lipinski definition) is 2. The van der Waals surface area contributed by atoms with E-state index in [4.69, 9.17) is 58.0 Å². The Morgan fingerprint density at radius 3 is 1.92 bits per heavy atom. The van der Waals surface area contributed by atoms with Gasteiger partial charge in [0.05, 0.1) is 16.6 Å². The maximum atomic E-state index is 13.6. The third-order valence-corrected chi connectivity index (χ3v) is 6.80. The van der Waals surface area contributed by atoms with E-state index in [-0.39, 0.29) is 15.7 Å². The van der Waals surface area contributed by atoms with Gasteiger partial charge in [0.15, 0.2) is 0 Å². The number of nitrogens with one attached hydrogen (secondary N) is 2. The summed E-state index contributed by atoms with van der Waals surface area (Å²) in [4.78, 5) is 24.4. The molecule has 0 aliphatic heterocycles. The van der Waals surface area contributed by atoms with Crippen LogP contribution in [-0.2, 0) is 9.59 Å². The molecule has 1 fully saturated rings. The molecule has 0 spiro atoms. The van der Waals surface area contributed by atoms with E-state index in [0.29, 0.717) is 5.56 Å². The minimum absolute atomic E-state index is 0.204. The number of rotatable bonds is 6. The van der Waals surface area contributed by atoms with Crippen LogP contribution < -0.4 is 10.6 Å². The van der Waals surface area contributed by atoms with E-state index in [1.807, 2.05) is 0 Å². The monoisotopic (exact) mass is 618 g/mol. The van der Waals surface area contributed by atoms with Crippen LogP contribution >= 0.6 is 58.0 Å². The molecule has 1 saturated carbocycles.